The van der Waals surface area contributed by atoms with Crippen LogP contribution in [0.2, 0.25) is 0 Å². The van der Waals surface area contributed by atoms with E-state index in [9.17, 15) is 10.1 Å². The van der Waals surface area contributed by atoms with Gasteiger partial charge in [-0.1, -0.05) is 38.2 Å². The predicted octanol–water partition coefficient (Wildman–Crippen LogP) is 4.63. The molecular weight excluding hydrogens is 274 g/mol. The lowest BCUT2D eigenvalue weighted by Crippen LogP contribution is -1.98. The van der Waals surface area contributed by atoms with Crippen LogP contribution in [0.15, 0.2) is 24.3 Å². The van der Waals surface area contributed by atoms with E-state index in [1.807, 2.05) is 0 Å². The number of nitro groups is 1. The molecule has 0 amide bonds. The Bertz CT molecular complexity index is 398. The molecule has 0 aliphatic heterocycles. The molecule has 0 aliphatic carbocycles. The Balaban J connectivity index is 2.06. The van der Waals surface area contributed by atoms with E-state index < -0.39 is 4.92 Å². The average molecular weight is 297 g/mol. The summed E-state index contributed by atoms with van der Waals surface area (Å²) in [7, 11) is 0. The molecule has 0 aromatic heterocycles. The monoisotopic (exact) mass is 297 g/mol. The summed E-state index contributed by atoms with van der Waals surface area (Å²) in [6.45, 7) is 0.623. The Morgan fingerprint density at radius 3 is 2.35 bits per heavy atom. The number of hydrogen-bond donors (Lipinski definition) is 1. The Labute approximate surface area is 126 Å². The van der Waals surface area contributed by atoms with E-state index >= 15 is 0 Å². The molecule has 0 saturated carbocycles. The largest absolute Gasteiger partial charge is 0.493 e. The van der Waals surface area contributed by atoms with Gasteiger partial charge < -0.3 is 4.74 Å². The minimum atomic E-state index is -0.405. The summed E-state index contributed by atoms with van der Waals surface area (Å²) >= 11 is 4.19. The fraction of sp³-hybridized carbons (Fsp3) is 0.600. The third-order valence-electron chi connectivity index (χ3n) is 3.10. The Hall–Kier alpha value is -1.23. The summed E-state index contributed by atoms with van der Waals surface area (Å²) < 4.78 is 5.53. The zero-order chi connectivity index (χ0) is 14.6. The van der Waals surface area contributed by atoms with Gasteiger partial charge in [0.15, 0.2) is 0 Å². The van der Waals surface area contributed by atoms with Gasteiger partial charge in [-0.25, -0.2) is 0 Å². The van der Waals surface area contributed by atoms with Gasteiger partial charge in [-0.05, 0) is 24.7 Å². The number of benzene rings is 1. The van der Waals surface area contributed by atoms with Crippen LogP contribution in [0, 0.1) is 10.1 Å². The molecule has 0 spiro atoms. The highest BCUT2D eigenvalue weighted by Gasteiger charge is 2.05. The third kappa shape index (κ3) is 7.38. The van der Waals surface area contributed by atoms with Gasteiger partial charge >= 0.3 is 0 Å². The van der Waals surface area contributed by atoms with Crippen LogP contribution in [0.1, 0.15) is 44.9 Å². The maximum Gasteiger partial charge on any atom is 0.273 e. The fourth-order valence-electron chi connectivity index (χ4n) is 1.97. The summed E-state index contributed by atoms with van der Waals surface area (Å²) in [5, 5.41) is 10.6. The average Bonchev–Trinajstić information content (AvgIpc) is 2.46. The summed E-state index contributed by atoms with van der Waals surface area (Å²) in [5.41, 5.74) is 0.0756. The normalized spacial score (nSPS) is 10.4. The Morgan fingerprint density at radius 2 is 1.70 bits per heavy atom. The maximum absolute atomic E-state index is 10.6. The number of nitro benzene ring substituents is 1. The lowest BCUT2D eigenvalue weighted by atomic mass is 10.1. The van der Waals surface area contributed by atoms with Crippen LogP contribution in [0.5, 0.6) is 5.75 Å². The van der Waals surface area contributed by atoms with Crippen molar-refractivity contribution in [3.63, 3.8) is 0 Å². The van der Waals surface area contributed by atoms with Crippen molar-refractivity contribution in [2.24, 2.45) is 0 Å². The molecule has 0 unspecified atom stereocenters. The molecule has 0 saturated heterocycles. The van der Waals surface area contributed by atoms with Crippen LogP contribution in [-0.2, 0) is 0 Å². The van der Waals surface area contributed by atoms with Gasteiger partial charge in [0.25, 0.3) is 5.69 Å². The number of ether oxygens (including phenoxy) is 1. The van der Waals surface area contributed by atoms with Gasteiger partial charge in [-0.2, -0.15) is 12.6 Å². The van der Waals surface area contributed by atoms with Crippen molar-refractivity contribution < 1.29 is 9.66 Å². The zero-order valence-electron chi connectivity index (χ0n) is 11.8. The summed E-state index contributed by atoms with van der Waals surface area (Å²) in [4.78, 5) is 10.2. The topological polar surface area (TPSA) is 52.4 Å². The molecular formula is C15H23NO3S. The van der Waals surface area contributed by atoms with Gasteiger partial charge in [0, 0.05) is 6.07 Å². The lowest BCUT2D eigenvalue weighted by Gasteiger charge is -2.06. The molecule has 0 fully saturated rings. The second kappa shape index (κ2) is 10.5. The molecule has 0 bridgehead atoms. The van der Waals surface area contributed by atoms with E-state index in [4.69, 9.17) is 4.74 Å². The highest BCUT2D eigenvalue weighted by molar-refractivity contribution is 7.80. The summed E-state index contributed by atoms with van der Waals surface area (Å²) in [5.74, 6) is 1.56. The highest BCUT2D eigenvalue weighted by Crippen LogP contribution is 2.19. The molecule has 112 valence electrons. The van der Waals surface area contributed by atoms with E-state index in [2.05, 4.69) is 12.6 Å². The molecule has 4 nitrogen and oxygen atoms in total. The first-order valence-corrected chi connectivity index (χ1v) is 7.85. The quantitative estimate of drug-likeness (QED) is 0.280. The van der Waals surface area contributed by atoms with E-state index in [1.165, 1.54) is 44.2 Å². The number of non-ortho nitro benzene ring substituents is 1. The van der Waals surface area contributed by atoms with Gasteiger partial charge in [0.05, 0.1) is 17.6 Å². The van der Waals surface area contributed by atoms with E-state index in [1.54, 1.807) is 12.1 Å². The summed E-state index contributed by atoms with van der Waals surface area (Å²) in [6, 6.07) is 6.34. The minimum Gasteiger partial charge on any atom is -0.493 e. The predicted molar refractivity (Wildman–Crippen MR) is 84.8 cm³/mol. The maximum atomic E-state index is 10.6. The van der Waals surface area contributed by atoms with Crippen molar-refractivity contribution in [2.75, 3.05) is 12.4 Å². The summed E-state index contributed by atoms with van der Waals surface area (Å²) in [6.07, 6.45) is 8.40. The SMILES string of the molecule is O=[N+]([O-])c1cccc(OCCCCCCCCCS)c1. The van der Waals surface area contributed by atoms with E-state index in [0.717, 1.165) is 18.6 Å². The Kier molecular flexibility index (Phi) is 8.87. The first-order chi connectivity index (χ1) is 9.74. The number of thiol groups is 1. The molecule has 0 radical (unpaired) electrons. The minimum absolute atomic E-state index is 0.0756. The molecule has 0 atom stereocenters. The van der Waals surface area contributed by atoms with Crippen molar-refractivity contribution in [3.05, 3.63) is 34.4 Å². The molecule has 1 aromatic carbocycles. The van der Waals surface area contributed by atoms with Crippen LogP contribution >= 0.6 is 12.6 Å². The van der Waals surface area contributed by atoms with Gasteiger partial charge in [-0.15, -0.1) is 0 Å². The first kappa shape index (κ1) is 16.8. The lowest BCUT2D eigenvalue weighted by molar-refractivity contribution is -0.384. The Morgan fingerprint density at radius 1 is 1.05 bits per heavy atom. The molecule has 5 heteroatoms. The van der Waals surface area contributed by atoms with Crippen molar-refractivity contribution in [3.8, 4) is 5.75 Å². The molecule has 1 aromatic rings. The third-order valence-corrected chi connectivity index (χ3v) is 3.42. The van der Waals surface area contributed by atoms with E-state index in [-0.39, 0.29) is 5.69 Å². The van der Waals surface area contributed by atoms with Crippen LogP contribution in [0.3, 0.4) is 0 Å². The van der Waals surface area contributed by atoms with Crippen molar-refractivity contribution in [1.82, 2.24) is 0 Å². The smallest absolute Gasteiger partial charge is 0.273 e. The number of hydrogen-bond acceptors (Lipinski definition) is 4. The van der Waals surface area contributed by atoms with Gasteiger partial charge in [0.2, 0.25) is 0 Å². The van der Waals surface area contributed by atoms with Crippen LogP contribution in [-0.4, -0.2) is 17.3 Å². The molecule has 0 heterocycles. The fourth-order valence-corrected chi connectivity index (χ4v) is 2.20. The van der Waals surface area contributed by atoms with Gasteiger partial charge in [-0.3, -0.25) is 10.1 Å². The van der Waals surface area contributed by atoms with Crippen molar-refractivity contribution in [2.45, 2.75) is 44.9 Å². The van der Waals surface area contributed by atoms with Crippen molar-refractivity contribution >= 4 is 18.3 Å². The molecule has 0 N–H and O–H groups in total. The zero-order valence-corrected chi connectivity index (χ0v) is 12.7. The molecule has 1 rings (SSSR count). The molecule has 20 heavy (non-hydrogen) atoms. The molecule has 0 aliphatic rings. The van der Waals surface area contributed by atoms with E-state index in [0.29, 0.717) is 12.4 Å². The number of nitrogens with zero attached hydrogens (tertiary/aromatic N) is 1. The number of unbranched alkanes of at least 4 members (excludes halogenated alkanes) is 6. The second-order valence-corrected chi connectivity index (χ2v) is 5.25. The highest BCUT2D eigenvalue weighted by atomic mass is 32.1. The van der Waals surface area contributed by atoms with Crippen LogP contribution in [0.25, 0.3) is 0 Å². The first-order valence-electron chi connectivity index (χ1n) is 7.22. The van der Waals surface area contributed by atoms with Gasteiger partial charge in [0.1, 0.15) is 5.75 Å². The van der Waals surface area contributed by atoms with Crippen LogP contribution < -0.4 is 4.74 Å². The standard InChI is InChI=1S/C15H23NO3S/c17-16(18)14-9-8-10-15(13-14)19-11-6-4-2-1-3-5-7-12-20/h8-10,13,20H,1-7,11-12H2. The van der Waals surface area contributed by atoms with Crippen molar-refractivity contribution in [1.29, 1.82) is 0 Å². The number of rotatable bonds is 11. The van der Waals surface area contributed by atoms with Crippen LogP contribution in [0.4, 0.5) is 5.69 Å². The second-order valence-electron chi connectivity index (χ2n) is 4.80.